The lowest BCUT2D eigenvalue weighted by Crippen LogP contribution is -2.39. The van der Waals surface area contributed by atoms with E-state index in [-0.39, 0.29) is 6.03 Å². The van der Waals surface area contributed by atoms with Crippen LogP contribution in [0.5, 0.6) is 0 Å². The highest BCUT2D eigenvalue weighted by molar-refractivity contribution is 5.73. The number of amides is 2. The van der Waals surface area contributed by atoms with Crippen LogP contribution in [-0.4, -0.2) is 37.2 Å². The first-order valence-electron chi connectivity index (χ1n) is 7.78. The molecule has 2 N–H and O–H groups in total. The molecule has 0 aromatic rings. The SMILES string of the molecule is CCCCNC(=O)NCCC[N+]1(C)C=CCCC(C)=C1. The lowest BCUT2D eigenvalue weighted by Gasteiger charge is -2.26. The molecule has 0 aromatic carbocycles. The quantitative estimate of drug-likeness (QED) is 0.546. The van der Waals surface area contributed by atoms with Crippen LogP contribution in [0.1, 0.15) is 46.0 Å². The maximum atomic E-state index is 11.5. The van der Waals surface area contributed by atoms with Crippen LogP contribution < -0.4 is 10.6 Å². The molecule has 1 aliphatic heterocycles. The number of allylic oxidation sites excluding steroid dienone is 2. The van der Waals surface area contributed by atoms with E-state index in [1.807, 2.05) is 0 Å². The van der Waals surface area contributed by atoms with Gasteiger partial charge >= 0.3 is 6.03 Å². The third kappa shape index (κ3) is 6.75. The molecule has 20 heavy (non-hydrogen) atoms. The van der Waals surface area contributed by atoms with Crippen LogP contribution in [0.2, 0.25) is 0 Å². The maximum absolute atomic E-state index is 11.5. The molecule has 0 saturated heterocycles. The Hall–Kier alpha value is -1.29. The van der Waals surface area contributed by atoms with Crippen LogP contribution in [-0.2, 0) is 0 Å². The molecule has 0 aromatic heterocycles. The average molecular weight is 280 g/mol. The first-order chi connectivity index (χ1) is 9.56. The van der Waals surface area contributed by atoms with Crippen LogP contribution in [0.25, 0.3) is 0 Å². The molecule has 4 nitrogen and oxygen atoms in total. The fourth-order valence-corrected chi connectivity index (χ4v) is 2.44. The van der Waals surface area contributed by atoms with Gasteiger partial charge in [-0.1, -0.05) is 13.3 Å². The van der Waals surface area contributed by atoms with E-state index < -0.39 is 0 Å². The smallest absolute Gasteiger partial charge is 0.314 e. The zero-order valence-corrected chi connectivity index (χ0v) is 13.2. The van der Waals surface area contributed by atoms with Crippen LogP contribution in [0.3, 0.4) is 0 Å². The van der Waals surface area contributed by atoms with Gasteiger partial charge < -0.3 is 10.6 Å². The highest BCUT2D eigenvalue weighted by Crippen LogP contribution is 2.18. The molecule has 1 rings (SSSR count). The minimum atomic E-state index is -0.0424. The van der Waals surface area contributed by atoms with Gasteiger partial charge in [-0.3, -0.25) is 4.48 Å². The van der Waals surface area contributed by atoms with E-state index >= 15 is 0 Å². The van der Waals surface area contributed by atoms with E-state index in [0.717, 1.165) is 56.2 Å². The Morgan fingerprint density at radius 3 is 2.70 bits per heavy atom. The Morgan fingerprint density at radius 2 is 2.00 bits per heavy atom. The number of hydrogen-bond donors (Lipinski definition) is 2. The fraction of sp³-hybridized carbons (Fsp3) is 0.688. The summed E-state index contributed by atoms with van der Waals surface area (Å²) in [5, 5.41) is 5.79. The zero-order valence-electron chi connectivity index (χ0n) is 13.2. The summed E-state index contributed by atoms with van der Waals surface area (Å²) in [5.41, 5.74) is 1.45. The first-order valence-corrected chi connectivity index (χ1v) is 7.78. The monoisotopic (exact) mass is 280 g/mol. The number of nitrogens with one attached hydrogen (secondary N) is 2. The number of quaternary nitrogens is 1. The van der Waals surface area contributed by atoms with Gasteiger partial charge in [-0.15, -0.1) is 0 Å². The van der Waals surface area contributed by atoms with Crippen molar-refractivity contribution in [1.82, 2.24) is 10.6 Å². The van der Waals surface area contributed by atoms with Crippen LogP contribution >= 0.6 is 0 Å². The van der Waals surface area contributed by atoms with Crippen molar-refractivity contribution in [3.8, 4) is 0 Å². The van der Waals surface area contributed by atoms with Crippen molar-refractivity contribution < 1.29 is 9.28 Å². The van der Waals surface area contributed by atoms with Crippen molar-refractivity contribution >= 4 is 6.03 Å². The molecular formula is C16H30N3O+. The van der Waals surface area contributed by atoms with Gasteiger partial charge in [0.05, 0.1) is 26.0 Å². The van der Waals surface area contributed by atoms with Gasteiger partial charge in [-0.2, -0.15) is 0 Å². The molecule has 0 spiro atoms. The Morgan fingerprint density at radius 1 is 1.30 bits per heavy atom. The summed E-state index contributed by atoms with van der Waals surface area (Å²) in [6.07, 6.45) is 12.3. The van der Waals surface area contributed by atoms with Crippen molar-refractivity contribution in [2.45, 2.75) is 46.0 Å². The van der Waals surface area contributed by atoms with Gasteiger partial charge in [0, 0.05) is 19.5 Å². The molecule has 1 atom stereocenters. The molecule has 2 amide bonds. The second kappa shape index (κ2) is 8.80. The predicted molar refractivity (Wildman–Crippen MR) is 84.1 cm³/mol. The second-order valence-corrected chi connectivity index (χ2v) is 5.86. The third-order valence-corrected chi connectivity index (χ3v) is 3.58. The highest BCUT2D eigenvalue weighted by atomic mass is 16.2. The normalized spacial score (nSPS) is 22.1. The van der Waals surface area contributed by atoms with Crippen molar-refractivity contribution in [3.63, 3.8) is 0 Å². The number of carbonyl (C=O) groups is 1. The zero-order chi connectivity index (χ0) is 14.8. The molecule has 114 valence electrons. The Balaban J connectivity index is 2.23. The molecule has 1 heterocycles. The van der Waals surface area contributed by atoms with E-state index in [1.54, 1.807) is 0 Å². The lowest BCUT2D eigenvalue weighted by atomic mass is 10.2. The number of urea groups is 1. The van der Waals surface area contributed by atoms with Gasteiger partial charge in [0.15, 0.2) is 0 Å². The minimum absolute atomic E-state index is 0.0424. The maximum Gasteiger partial charge on any atom is 0.314 e. The molecule has 1 unspecified atom stereocenters. The van der Waals surface area contributed by atoms with Gasteiger partial charge in [0.25, 0.3) is 0 Å². The molecule has 0 saturated carbocycles. The number of unbranched alkanes of at least 4 members (excludes halogenated alkanes) is 1. The standard InChI is InChI=1S/C16H29N3O/c1-4-5-10-17-16(20)18-11-8-13-19(3)12-7-6-9-15(2)14-19/h7,12,14H,4-6,8-11,13H2,1-3H3,(H-,17,18,20)/p+1. The summed E-state index contributed by atoms with van der Waals surface area (Å²) >= 11 is 0. The second-order valence-electron chi connectivity index (χ2n) is 5.86. The van der Waals surface area contributed by atoms with Crippen molar-refractivity contribution in [3.05, 3.63) is 24.0 Å². The van der Waals surface area contributed by atoms with Gasteiger partial charge in [-0.05, 0) is 37.8 Å². The van der Waals surface area contributed by atoms with Crippen molar-refractivity contribution in [2.75, 3.05) is 26.7 Å². The number of carbonyl (C=O) groups excluding carboxylic acids is 1. The fourth-order valence-electron chi connectivity index (χ4n) is 2.44. The minimum Gasteiger partial charge on any atom is -0.338 e. The Bertz CT molecular complexity index is 363. The number of rotatable bonds is 7. The van der Waals surface area contributed by atoms with Crippen LogP contribution in [0, 0.1) is 0 Å². The van der Waals surface area contributed by atoms with Gasteiger partial charge in [-0.25, -0.2) is 4.79 Å². The van der Waals surface area contributed by atoms with Gasteiger partial charge in [0.1, 0.15) is 0 Å². The molecule has 0 aliphatic carbocycles. The molecule has 0 bridgehead atoms. The summed E-state index contributed by atoms with van der Waals surface area (Å²) in [5.74, 6) is 0. The van der Waals surface area contributed by atoms with Crippen molar-refractivity contribution in [1.29, 1.82) is 0 Å². The first kappa shape index (κ1) is 16.8. The average Bonchev–Trinajstić information content (AvgIpc) is 2.56. The summed E-state index contributed by atoms with van der Waals surface area (Å²) in [7, 11) is 2.21. The number of hydrogen-bond acceptors (Lipinski definition) is 1. The van der Waals surface area contributed by atoms with E-state index in [4.69, 9.17) is 0 Å². The van der Waals surface area contributed by atoms with E-state index in [0.29, 0.717) is 0 Å². The lowest BCUT2D eigenvalue weighted by molar-refractivity contribution is -0.807. The van der Waals surface area contributed by atoms with Crippen LogP contribution in [0.4, 0.5) is 4.79 Å². The predicted octanol–water partition coefficient (Wildman–Crippen LogP) is 3.13. The number of nitrogens with zero attached hydrogens (tertiary/aromatic N) is 1. The Kier molecular flexibility index (Phi) is 7.37. The summed E-state index contributed by atoms with van der Waals surface area (Å²) < 4.78 is 0.838. The van der Waals surface area contributed by atoms with E-state index in [1.165, 1.54) is 5.57 Å². The van der Waals surface area contributed by atoms with E-state index in [2.05, 4.69) is 50.0 Å². The van der Waals surface area contributed by atoms with Gasteiger partial charge in [0.2, 0.25) is 0 Å². The molecular weight excluding hydrogens is 250 g/mol. The molecule has 0 radical (unpaired) electrons. The molecule has 0 fully saturated rings. The summed E-state index contributed by atoms with van der Waals surface area (Å²) in [6, 6.07) is -0.0424. The molecule has 1 aliphatic rings. The summed E-state index contributed by atoms with van der Waals surface area (Å²) in [6.45, 7) is 6.83. The third-order valence-electron chi connectivity index (χ3n) is 3.58. The molecule has 4 heteroatoms. The van der Waals surface area contributed by atoms with Crippen molar-refractivity contribution in [2.24, 2.45) is 0 Å². The topological polar surface area (TPSA) is 41.1 Å². The Labute approximate surface area is 123 Å². The summed E-state index contributed by atoms with van der Waals surface area (Å²) in [4.78, 5) is 11.5. The highest BCUT2D eigenvalue weighted by Gasteiger charge is 2.17. The largest absolute Gasteiger partial charge is 0.338 e. The van der Waals surface area contributed by atoms with Crippen LogP contribution in [0.15, 0.2) is 24.0 Å². The van der Waals surface area contributed by atoms with E-state index in [9.17, 15) is 4.79 Å².